The normalized spacial score (nSPS) is 10.8. The Morgan fingerprint density at radius 1 is 0.929 bits per heavy atom. The number of nitrogens with zero attached hydrogens (tertiary/aromatic N) is 4. The predicted octanol–water partition coefficient (Wildman–Crippen LogP) is 3.06. The standard InChI is InChI=1S/C21H27BrN4O2/c1-15-18(10-11-19(23-15)21(28)25(4)5)20(27)26(13-12-24(2)3)14-16-6-8-17(22)9-7-16/h6-11H,12-14H2,1-5H3. The Labute approximate surface area is 175 Å². The van der Waals surface area contributed by atoms with Crippen LogP contribution in [0.4, 0.5) is 0 Å². The summed E-state index contributed by atoms with van der Waals surface area (Å²) >= 11 is 3.44. The average Bonchev–Trinajstić information content (AvgIpc) is 2.65. The van der Waals surface area contributed by atoms with Crippen molar-refractivity contribution in [2.45, 2.75) is 13.5 Å². The Balaban J connectivity index is 2.27. The molecule has 0 radical (unpaired) electrons. The molecule has 0 saturated carbocycles. The summed E-state index contributed by atoms with van der Waals surface area (Å²) in [5.74, 6) is -0.264. The lowest BCUT2D eigenvalue weighted by molar-refractivity contribution is 0.0728. The Hall–Kier alpha value is -2.25. The fourth-order valence-corrected chi connectivity index (χ4v) is 2.95. The first-order chi connectivity index (χ1) is 13.2. The number of carbonyl (C=O) groups is 2. The van der Waals surface area contributed by atoms with E-state index in [9.17, 15) is 9.59 Å². The van der Waals surface area contributed by atoms with Crippen molar-refractivity contribution in [3.8, 4) is 0 Å². The number of rotatable bonds is 7. The SMILES string of the molecule is Cc1nc(C(=O)N(C)C)ccc1C(=O)N(CCN(C)C)Cc1ccc(Br)cc1. The second-order valence-electron chi connectivity index (χ2n) is 7.19. The molecule has 2 amide bonds. The van der Waals surface area contributed by atoms with Crippen molar-refractivity contribution in [1.82, 2.24) is 19.7 Å². The second-order valence-corrected chi connectivity index (χ2v) is 8.10. The molecule has 0 atom stereocenters. The first-order valence-corrected chi connectivity index (χ1v) is 9.86. The molecule has 0 fully saturated rings. The van der Waals surface area contributed by atoms with Crippen molar-refractivity contribution < 1.29 is 9.59 Å². The van der Waals surface area contributed by atoms with Gasteiger partial charge >= 0.3 is 0 Å². The second kappa shape index (κ2) is 9.80. The maximum absolute atomic E-state index is 13.2. The van der Waals surface area contributed by atoms with Crippen LogP contribution in [0.15, 0.2) is 40.9 Å². The van der Waals surface area contributed by atoms with Crippen LogP contribution in [0, 0.1) is 6.92 Å². The van der Waals surface area contributed by atoms with Crippen molar-refractivity contribution in [2.24, 2.45) is 0 Å². The fraction of sp³-hybridized carbons (Fsp3) is 0.381. The molecule has 0 aliphatic carbocycles. The van der Waals surface area contributed by atoms with Crippen molar-refractivity contribution in [1.29, 1.82) is 0 Å². The molecule has 2 rings (SSSR count). The minimum absolute atomic E-state index is 0.0846. The Morgan fingerprint density at radius 3 is 2.11 bits per heavy atom. The monoisotopic (exact) mass is 446 g/mol. The van der Waals surface area contributed by atoms with Gasteiger partial charge in [-0.2, -0.15) is 0 Å². The number of halogens is 1. The van der Waals surface area contributed by atoms with Gasteiger partial charge in [0.15, 0.2) is 0 Å². The summed E-state index contributed by atoms with van der Waals surface area (Å²) in [6.07, 6.45) is 0. The summed E-state index contributed by atoms with van der Waals surface area (Å²) in [6.45, 7) is 3.63. The van der Waals surface area contributed by atoms with Crippen LogP contribution in [0.1, 0.15) is 32.1 Å². The molecule has 0 N–H and O–H groups in total. The van der Waals surface area contributed by atoms with Crippen LogP contribution in [0.2, 0.25) is 0 Å². The van der Waals surface area contributed by atoms with Gasteiger partial charge in [0.05, 0.1) is 11.3 Å². The molecular weight excluding hydrogens is 420 g/mol. The molecule has 0 bridgehead atoms. The molecule has 6 nitrogen and oxygen atoms in total. The lowest BCUT2D eigenvalue weighted by Gasteiger charge is -2.25. The molecule has 0 aliphatic heterocycles. The minimum Gasteiger partial charge on any atom is -0.343 e. The highest BCUT2D eigenvalue weighted by Gasteiger charge is 2.20. The summed E-state index contributed by atoms with van der Waals surface area (Å²) < 4.78 is 1.00. The van der Waals surface area contributed by atoms with Crippen LogP contribution in [0.5, 0.6) is 0 Å². The van der Waals surface area contributed by atoms with E-state index in [1.54, 1.807) is 33.2 Å². The predicted molar refractivity (Wildman–Crippen MR) is 114 cm³/mol. The van der Waals surface area contributed by atoms with Crippen LogP contribution in [0.25, 0.3) is 0 Å². The third-order valence-corrected chi connectivity index (χ3v) is 4.86. The van der Waals surface area contributed by atoms with Crippen LogP contribution < -0.4 is 0 Å². The van der Waals surface area contributed by atoms with Gasteiger partial charge in [-0.25, -0.2) is 4.98 Å². The summed E-state index contributed by atoms with van der Waals surface area (Å²) in [4.78, 5) is 35.0. The van der Waals surface area contributed by atoms with Crippen molar-refractivity contribution in [3.63, 3.8) is 0 Å². The Morgan fingerprint density at radius 2 is 1.57 bits per heavy atom. The molecule has 0 aliphatic rings. The number of aryl methyl sites for hydroxylation is 1. The van der Waals surface area contributed by atoms with Gasteiger partial charge in [-0.05, 0) is 50.8 Å². The van der Waals surface area contributed by atoms with Gasteiger partial charge < -0.3 is 14.7 Å². The molecule has 1 aromatic carbocycles. The van der Waals surface area contributed by atoms with E-state index in [0.717, 1.165) is 16.6 Å². The number of carbonyl (C=O) groups excluding carboxylic acids is 2. The van der Waals surface area contributed by atoms with E-state index in [1.165, 1.54) is 4.90 Å². The van der Waals surface area contributed by atoms with Crippen molar-refractivity contribution in [3.05, 3.63) is 63.4 Å². The average molecular weight is 447 g/mol. The smallest absolute Gasteiger partial charge is 0.271 e. The minimum atomic E-state index is -0.179. The summed E-state index contributed by atoms with van der Waals surface area (Å²) in [5, 5.41) is 0. The molecule has 7 heteroatoms. The zero-order valence-corrected chi connectivity index (χ0v) is 18.7. The van der Waals surface area contributed by atoms with Gasteiger partial charge in [0.2, 0.25) is 0 Å². The summed E-state index contributed by atoms with van der Waals surface area (Å²) in [6, 6.07) is 11.3. The molecule has 0 unspecified atom stereocenters. The zero-order chi connectivity index (χ0) is 20.8. The van der Waals surface area contributed by atoms with E-state index < -0.39 is 0 Å². The molecule has 2 aromatic rings. The highest BCUT2D eigenvalue weighted by molar-refractivity contribution is 9.10. The molecule has 0 spiro atoms. The van der Waals surface area contributed by atoms with Gasteiger partial charge in [0.25, 0.3) is 11.8 Å². The molecule has 1 aromatic heterocycles. The first kappa shape index (κ1) is 22.0. The third kappa shape index (κ3) is 5.87. The largest absolute Gasteiger partial charge is 0.343 e. The van der Waals surface area contributed by atoms with Crippen LogP contribution >= 0.6 is 15.9 Å². The molecule has 28 heavy (non-hydrogen) atoms. The summed E-state index contributed by atoms with van der Waals surface area (Å²) in [5.41, 5.74) is 2.47. The zero-order valence-electron chi connectivity index (χ0n) is 17.1. The van der Waals surface area contributed by atoms with E-state index in [-0.39, 0.29) is 11.8 Å². The number of amides is 2. The first-order valence-electron chi connectivity index (χ1n) is 9.06. The van der Waals surface area contributed by atoms with Crippen LogP contribution in [0.3, 0.4) is 0 Å². The maximum Gasteiger partial charge on any atom is 0.271 e. The van der Waals surface area contributed by atoms with Crippen molar-refractivity contribution in [2.75, 3.05) is 41.3 Å². The number of hydrogen-bond acceptors (Lipinski definition) is 4. The van der Waals surface area contributed by atoms with E-state index in [0.29, 0.717) is 30.0 Å². The van der Waals surface area contributed by atoms with Crippen LogP contribution in [-0.4, -0.2) is 72.8 Å². The number of pyridine rings is 1. The fourth-order valence-electron chi connectivity index (χ4n) is 2.69. The lowest BCUT2D eigenvalue weighted by atomic mass is 10.1. The van der Waals surface area contributed by atoms with E-state index >= 15 is 0 Å². The van der Waals surface area contributed by atoms with Gasteiger partial charge in [-0.3, -0.25) is 9.59 Å². The molecule has 1 heterocycles. The lowest BCUT2D eigenvalue weighted by Crippen LogP contribution is -2.36. The Bertz CT molecular complexity index is 835. The highest BCUT2D eigenvalue weighted by Crippen LogP contribution is 2.16. The number of benzene rings is 1. The number of likely N-dealkylation sites (N-methyl/N-ethyl adjacent to an activating group) is 1. The molecular formula is C21H27BrN4O2. The van der Waals surface area contributed by atoms with Gasteiger partial charge in [0, 0.05) is 38.2 Å². The quantitative estimate of drug-likeness (QED) is 0.655. The van der Waals surface area contributed by atoms with Gasteiger partial charge in [0.1, 0.15) is 5.69 Å². The molecule has 0 saturated heterocycles. The van der Waals surface area contributed by atoms with Gasteiger partial charge in [-0.1, -0.05) is 28.1 Å². The van der Waals surface area contributed by atoms with E-state index in [2.05, 4.69) is 20.9 Å². The van der Waals surface area contributed by atoms with E-state index in [4.69, 9.17) is 0 Å². The van der Waals surface area contributed by atoms with Crippen LogP contribution in [-0.2, 0) is 6.54 Å². The highest BCUT2D eigenvalue weighted by atomic mass is 79.9. The number of hydrogen-bond donors (Lipinski definition) is 0. The summed E-state index contributed by atoms with van der Waals surface area (Å²) in [7, 11) is 7.33. The van der Waals surface area contributed by atoms with Crippen molar-refractivity contribution >= 4 is 27.7 Å². The number of aromatic nitrogens is 1. The molecule has 150 valence electrons. The van der Waals surface area contributed by atoms with E-state index in [1.807, 2.05) is 48.2 Å². The Kier molecular flexibility index (Phi) is 7.71. The maximum atomic E-state index is 13.2. The third-order valence-electron chi connectivity index (χ3n) is 4.33. The van der Waals surface area contributed by atoms with Gasteiger partial charge in [-0.15, -0.1) is 0 Å². The topological polar surface area (TPSA) is 56.8 Å².